The number of allylic oxidation sites excluding steroid dienone is 1. The van der Waals surface area contributed by atoms with Crippen LogP contribution < -0.4 is 15.5 Å². The average Bonchev–Trinajstić information content (AvgIpc) is 2.69. The number of hydrogen-bond acceptors (Lipinski definition) is 5. The summed E-state index contributed by atoms with van der Waals surface area (Å²) in [6, 6.07) is 2.94. The van der Waals surface area contributed by atoms with Crippen LogP contribution in [0.5, 0.6) is 5.75 Å². The first-order chi connectivity index (χ1) is 14.3. The Morgan fingerprint density at radius 2 is 1.97 bits per heavy atom. The van der Waals surface area contributed by atoms with E-state index in [0.29, 0.717) is 6.07 Å². The Morgan fingerprint density at radius 3 is 2.57 bits per heavy atom. The van der Waals surface area contributed by atoms with Gasteiger partial charge in [-0.15, -0.1) is 6.58 Å². The van der Waals surface area contributed by atoms with Gasteiger partial charge in [0.25, 0.3) is 5.91 Å². The molecule has 0 saturated carbocycles. The monoisotopic (exact) mass is 420 g/mol. The standard InChI is InChI=1S/C21H22F2N2O5/c1-4-9-25-12-15(18(26)19(29-5-2)17(25)21(28)30-6-3)20(27)24-11-13-7-8-14(22)10-16(13)23/h4,7-8,10,12H,1,5-6,9,11H2,2-3H3,(H,24,27). The minimum Gasteiger partial charge on any atom is -0.488 e. The minimum absolute atomic E-state index is 0.0457. The summed E-state index contributed by atoms with van der Waals surface area (Å²) in [5, 5.41) is 2.42. The molecule has 1 aromatic heterocycles. The van der Waals surface area contributed by atoms with E-state index in [1.165, 1.54) is 22.9 Å². The Bertz CT molecular complexity index is 1020. The molecule has 0 saturated heterocycles. The van der Waals surface area contributed by atoms with Gasteiger partial charge in [-0.1, -0.05) is 12.1 Å². The number of carbonyl (C=O) groups excluding carboxylic acids is 2. The molecule has 0 unspecified atom stereocenters. The van der Waals surface area contributed by atoms with Gasteiger partial charge in [0, 0.05) is 30.9 Å². The predicted octanol–water partition coefficient (Wildman–Crippen LogP) is 2.82. The first-order valence-electron chi connectivity index (χ1n) is 9.24. The van der Waals surface area contributed by atoms with Crippen LogP contribution in [0.15, 0.2) is 41.8 Å². The van der Waals surface area contributed by atoms with E-state index in [1.807, 2.05) is 0 Å². The lowest BCUT2D eigenvalue weighted by atomic mass is 10.1. The van der Waals surface area contributed by atoms with E-state index < -0.39 is 28.9 Å². The second-order valence-electron chi connectivity index (χ2n) is 6.06. The topological polar surface area (TPSA) is 86.6 Å². The van der Waals surface area contributed by atoms with Crippen LogP contribution in [0.4, 0.5) is 8.78 Å². The first kappa shape index (κ1) is 22.8. The summed E-state index contributed by atoms with van der Waals surface area (Å²) in [5.41, 5.74) is -1.21. The maximum Gasteiger partial charge on any atom is 0.359 e. The number of carbonyl (C=O) groups is 2. The number of ether oxygens (including phenoxy) is 2. The lowest BCUT2D eigenvalue weighted by Crippen LogP contribution is -2.32. The number of benzene rings is 1. The molecule has 30 heavy (non-hydrogen) atoms. The van der Waals surface area contributed by atoms with E-state index in [9.17, 15) is 23.2 Å². The quantitative estimate of drug-likeness (QED) is 0.498. The maximum atomic E-state index is 13.8. The van der Waals surface area contributed by atoms with Gasteiger partial charge in [-0.3, -0.25) is 9.59 Å². The zero-order chi connectivity index (χ0) is 22.3. The third-order valence-electron chi connectivity index (χ3n) is 4.02. The number of pyridine rings is 1. The van der Waals surface area contributed by atoms with Crippen molar-refractivity contribution in [3.8, 4) is 5.75 Å². The fourth-order valence-corrected chi connectivity index (χ4v) is 2.71. The highest BCUT2D eigenvalue weighted by atomic mass is 19.1. The summed E-state index contributed by atoms with van der Waals surface area (Å²) in [6.45, 7) is 6.82. The number of esters is 1. The van der Waals surface area contributed by atoms with Gasteiger partial charge in [-0.25, -0.2) is 13.6 Å². The van der Waals surface area contributed by atoms with E-state index in [-0.39, 0.29) is 48.9 Å². The molecule has 0 radical (unpaired) electrons. The smallest absolute Gasteiger partial charge is 0.359 e. The number of nitrogens with one attached hydrogen (secondary N) is 1. The lowest BCUT2D eigenvalue weighted by Gasteiger charge is -2.17. The van der Waals surface area contributed by atoms with Gasteiger partial charge >= 0.3 is 5.97 Å². The highest BCUT2D eigenvalue weighted by Gasteiger charge is 2.26. The van der Waals surface area contributed by atoms with Crippen molar-refractivity contribution in [3.63, 3.8) is 0 Å². The van der Waals surface area contributed by atoms with E-state index in [4.69, 9.17) is 9.47 Å². The van der Waals surface area contributed by atoms with Gasteiger partial charge < -0.3 is 19.4 Å². The third-order valence-corrected chi connectivity index (χ3v) is 4.02. The van der Waals surface area contributed by atoms with E-state index in [2.05, 4.69) is 11.9 Å². The van der Waals surface area contributed by atoms with Crippen LogP contribution in [-0.4, -0.2) is 29.7 Å². The molecule has 9 heteroatoms. The van der Waals surface area contributed by atoms with Crippen LogP contribution in [0.1, 0.15) is 40.3 Å². The SMILES string of the molecule is C=CCn1cc(C(=O)NCc2ccc(F)cc2F)c(=O)c(OCC)c1C(=O)OCC. The van der Waals surface area contributed by atoms with Gasteiger partial charge in [-0.05, 0) is 19.9 Å². The number of rotatable bonds is 9. The summed E-state index contributed by atoms with van der Waals surface area (Å²) in [5.74, 6) is -3.48. The molecule has 7 nitrogen and oxygen atoms in total. The van der Waals surface area contributed by atoms with Crippen molar-refractivity contribution >= 4 is 11.9 Å². The van der Waals surface area contributed by atoms with Crippen LogP contribution in [0.25, 0.3) is 0 Å². The molecule has 1 aromatic carbocycles. The second-order valence-corrected chi connectivity index (χ2v) is 6.06. The fraction of sp³-hybridized carbons (Fsp3) is 0.286. The molecule has 2 aromatic rings. The molecule has 0 spiro atoms. The van der Waals surface area contributed by atoms with Gasteiger partial charge in [0.2, 0.25) is 5.43 Å². The van der Waals surface area contributed by atoms with E-state index >= 15 is 0 Å². The Morgan fingerprint density at radius 1 is 1.23 bits per heavy atom. The zero-order valence-electron chi connectivity index (χ0n) is 16.7. The highest BCUT2D eigenvalue weighted by Crippen LogP contribution is 2.18. The zero-order valence-corrected chi connectivity index (χ0v) is 16.7. The highest BCUT2D eigenvalue weighted by molar-refractivity contribution is 5.96. The Hall–Kier alpha value is -3.49. The summed E-state index contributed by atoms with van der Waals surface area (Å²) < 4.78 is 38.5. The maximum absolute atomic E-state index is 13.8. The number of halogens is 2. The van der Waals surface area contributed by atoms with Crippen LogP contribution in [0.3, 0.4) is 0 Å². The Labute approximate surface area is 171 Å². The predicted molar refractivity (Wildman–Crippen MR) is 106 cm³/mol. The molecule has 0 aliphatic carbocycles. The van der Waals surface area contributed by atoms with E-state index in [1.54, 1.807) is 13.8 Å². The lowest BCUT2D eigenvalue weighted by molar-refractivity contribution is 0.0507. The summed E-state index contributed by atoms with van der Waals surface area (Å²) in [4.78, 5) is 37.8. The van der Waals surface area contributed by atoms with Crippen molar-refractivity contribution in [2.45, 2.75) is 26.9 Å². The molecule has 1 amide bonds. The van der Waals surface area contributed by atoms with Crippen LogP contribution in [0.2, 0.25) is 0 Å². The summed E-state index contributed by atoms with van der Waals surface area (Å²) >= 11 is 0. The van der Waals surface area contributed by atoms with E-state index in [0.717, 1.165) is 6.07 Å². The number of hydrogen-bond donors (Lipinski definition) is 1. The van der Waals surface area contributed by atoms with Gasteiger partial charge in [0.15, 0.2) is 11.4 Å². The summed E-state index contributed by atoms with van der Waals surface area (Å²) in [7, 11) is 0. The minimum atomic E-state index is -0.827. The fourth-order valence-electron chi connectivity index (χ4n) is 2.71. The normalized spacial score (nSPS) is 10.4. The number of aromatic nitrogens is 1. The van der Waals surface area contributed by atoms with Gasteiger partial charge in [0.05, 0.1) is 13.2 Å². The molecule has 0 aliphatic rings. The van der Waals surface area contributed by atoms with Crippen LogP contribution >= 0.6 is 0 Å². The third kappa shape index (κ3) is 5.11. The van der Waals surface area contributed by atoms with Crippen molar-refractivity contribution in [2.75, 3.05) is 13.2 Å². The van der Waals surface area contributed by atoms with Crippen molar-refractivity contribution in [2.24, 2.45) is 0 Å². The van der Waals surface area contributed by atoms with Crippen molar-refractivity contribution in [1.82, 2.24) is 9.88 Å². The molecular weight excluding hydrogens is 398 g/mol. The van der Waals surface area contributed by atoms with Gasteiger partial charge in [0.1, 0.15) is 17.2 Å². The molecule has 0 atom stereocenters. The molecule has 160 valence electrons. The molecule has 0 aliphatic heterocycles. The molecule has 2 rings (SSSR count). The van der Waals surface area contributed by atoms with Crippen molar-refractivity contribution < 1.29 is 27.8 Å². The van der Waals surface area contributed by atoms with Crippen LogP contribution in [-0.2, 0) is 17.8 Å². The van der Waals surface area contributed by atoms with Gasteiger partial charge in [-0.2, -0.15) is 0 Å². The summed E-state index contributed by atoms with van der Waals surface area (Å²) in [6.07, 6.45) is 2.66. The second kappa shape index (κ2) is 10.3. The number of amides is 1. The Kier molecular flexibility index (Phi) is 7.85. The molecule has 1 heterocycles. The number of nitrogens with zero attached hydrogens (tertiary/aromatic N) is 1. The average molecular weight is 420 g/mol. The van der Waals surface area contributed by atoms with Crippen molar-refractivity contribution in [1.29, 1.82) is 0 Å². The largest absolute Gasteiger partial charge is 0.488 e. The molecule has 0 fully saturated rings. The molecular formula is C21H22F2N2O5. The molecule has 0 bridgehead atoms. The molecule has 1 N–H and O–H groups in total. The Balaban J connectivity index is 2.45. The first-order valence-corrected chi connectivity index (χ1v) is 9.24. The van der Waals surface area contributed by atoms with Crippen molar-refractivity contribution in [3.05, 3.63) is 75.7 Å². The van der Waals surface area contributed by atoms with Crippen LogP contribution in [0, 0.1) is 11.6 Å².